The van der Waals surface area contributed by atoms with Crippen LogP contribution < -0.4 is 5.32 Å². The molecule has 15 heavy (non-hydrogen) atoms. The molecule has 0 spiro atoms. The Bertz CT molecular complexity index is 520. The first-order valence-corrected chi connectivity index (χ1v) is 4.80. The van der Waals surface area contributed by atoms with Crippen LogP contribution in [0.2, 0.25) is 0 Å². The monoisotopic (exact) mass is 200 g/mol. The Morgan fingerprint density at radius 3 is 2.93 bits per heavy atom. The van der Waals surface area contributed by atoms with Crippen molar-refractivity contribution >= 4 is 22.5 Å². The largest absolute Gasteiger partial charge is 0.324 e. The molecule has 0 radical (unpaired) electrons. The maximum Gasteiger partial charge on any atom is 0.221 e. The van der Waals surface area contributed by atoms with E-state index in [0.717, 1.165) is 22.2 Å². The van der Waals surface area contributed by atoms with Crippen LogP contribution >= 0.6 is 0 Å². The fraction of sp³-hybridized carbons (Fsp3) is 0.167. The van der Waals surface area contributed by atoms with E-state index in [1.807, 2.05) is 31.2 Å². The zero-order valence-electron chi connectivity index (χ0n) is 8.74. The van der Waals surface area contributed by atoms with Gasteiger partial charge in [-0.25, -0.2) is 0 Å². The molecule has 3 heteroatoms. The van der Waals surface area contributed by atoms with E-state index in [9.17, 15) is 4.79 Å². The summed E-state index contributed by atoms with van der Waals surface area (Å²) in [5.41, 5.74) is 2.71. The van der Waals surface area contributed by atoms with Gasteiger partial charge in [-0.2, -0.15) is 0 Å². The third-order valence-corrected chi connectivity index (χ3v) is 2.16. The Labute approximate surface area is 88.1 Å². The summed E-state index contributed by atoms with van der Waals surface area (Å²) in [5, 5.41) is 3.81. The molecular weight excluding hydrogens is 188 g/mol. The van der Waals surface area contributed by atoms with Gasteiger partial charge in [-0.05, 0) is 24.6 Å². The lowest BCUT2D eigenvalue weighted by Gasteiger charge is -2.06. The highest BCUT2D eigenvalue weighted by Crippen LogP contribution is 2.21. The van der Waals surface area contributed by atoms with E-state index in [0.29, 0.717) is 0 Å². The predicted molar refractivity (Wildman–Crippen MR) is 60.8 cm³/mol. The number of hydrogen-bond acceptors (Lipinski definition) is 2. The molecule has 76 valence electrons. The van der Waals surface area contributed by atoms with Crippen LogP contribution in [-0.2, 0) is 4.79 Å². The molecule has 1 amide bonds. The minimum Gasteiger partial charge on any atom is -0.324 e. The summed E-state index contributed by atoms with van der Waals surface area (Å²) in [4.78, 5) is 15.3. The summed E-state index contributed by atoms with van der Waals surface area (Å²) in [7, 11) is 0. The van der Waals surface area contributed by atoms with E-state index in [2.05, 4.69) is 10.3 Å². The van der Waals surface area contributed by atoms with E-state index in [1.54, 1.807) is 6.20 Å². The number of para-hydroxylation sites is 1. The topological polar surface area (TPSA) is 42.0 Å². The summed E-state index contributed by atoms with van der Waals surface area (Å²) in [6, 6.07) is 7.80. The molecule has 1 aromatic heterocycles. The van der Waals surface area contributed by atoms with Gasteiger partial charge < -0.3 is 5.32 Å². The maximum atomic E-state index is 11.0. The average molecular weight is 200 g/mol. The number of hydrogen-bond donors (Lipinski definition) is 1. The first-order valence-electron chi connectivity index (χ1n) is 4.80. The average Bonchev–Trinajstić information content (AvgIpc) is 2.16. The van der Waals surface area contributed by atoms with Gasteiger partial charge in [0, 0.05) is 18.5 Å². The third kappa shape index (κ3) is 1.96. The first kappa shape index (κ1) is 9.65. The van der Waals surface area contributed by atoms with Crippen molar-refractivity contribution in [3.63, 3.8) is 0 Å². The summed E-state index contributed by atoms with van der Waals surface area (Å²) < 4.78 is 0. The molecule has 1 aromatic carbocycles. The van der Waals surface area contributed by atoms with Gasteiger partial charge >= 0.3 is 0 Å². The number of carbonyl (C=O) groups excluding carboxylic acids is 1. The quantitative estimate of drug-likeness (QED) is 0.768. The van der Waals surface area contributed by atoms with Crippen LogP contribution in [0, 0.1) is 6.92 Å². The van der Waals surface area contributed by atoms with Crippen LogP contribution in [0.25, 0.3) is 10.9 Å². The third-order valence-electron chi connectivity index (χ3n) is 2.16. The summed E-state index contributed by atoms with van der Waals surface area (Å²) in [6.07, 6.45) is 1.80. The van der Waals surface area contributed by atoms with Gasteiger partial charge in [-0.3, -0.25) is 9.78 Å². The number of aromatic nitrogens is 1. The highest BCUT2D eigenvalue weighted by atomic mass is 16.1. The molecule has 3 nitrogen and oxygen atoms in total. The van der Waals surface area contributed by atoms with Crippen molar-refractivity contribution in [2.24, 2.45) is 0 Å². The van der Waals surface area contributed by atoms with Gasteiger partial charge in [-0.15, -0.1) is 0 Å². The second-order valence-corrected chi connectivity index (χ2v) is 3.57. The molecule has 1 heterocycles. The lowest BCUT2D eigenvalue weighted by Crippen LogP contribution is -2.06. The molecule has 0 saturated carbocycles. The Kier molecular flexibility index (Phi) is 2.37. The number of fused-ring (bicyclic) bond motifs is 1. The Hall–Kier alpha value is -1.90. The highest BCUT2D eigenvalue weighted by Gasteiger charge is 2.03. The van der Waals surface area contributed by atoms with Crippen molar-refractivity contribution in [3.8, 4) is 0 Å². The number of carbonyl (C=O) groups is 1. The number of rotatable bonds is 1. The number of anilines is 1. The second-order valence-electron chi connectivity index (χ2n) is 3.57. The first-order chi connectivity index (χ1) is 7.16. The minimum atomic E-state index is -0.0788. The van der Waals surface area contributed by atoms with Crippen LogP contribution in [0.4, 0.5) is 5.69 Å². The SMILES string of the molecule is CC(=O)Nc1cccc2cc(C)cnc12. The van der Waals surface area contributed by atoms with Crippen molar-refractivity contribution in [2.75, 3.05) is 5.32 Å². The van der Waals surface area contributed by atoms with E-state index < -0.39 is 0 Å². The molecule has 0 saturated heterocycles. The van der Waals surface area contributed by atoms with Crippen LogP contribution in [0.5, 0.6) is 0 Å². The Morgan fingerprint density at radius 2 is 2.20 bits per heavy atom. The van der Waals surface area contributed by atoms with Gasteiger partial charge in [0.25, 0.3) is 0 Å². The maximum absolute atomic E-state index is 11.0. The molecule has 0 aliphatic rings. The zero-order valence-corrected chi connectivity index (χ0v) is 8.74. The number of benzene rings is 1. The van der Waals surface area contributed by atoms with Gasteiger partial charge in [0.05, 0.1) is 11.2 Å². The number of aryl methyl sites for hydroxylation is 1. The van der Waals surface area contributed by atoms with Crippen molar-refractivity contribution in [1.29, 1.82) is 0 Å². The fourth-order valence-corrected chi connectivity index (χ4v) is 1.56. The van der Waals surface area contributed by atoms with Gasteiger partial charge in [0.15, 0.2) is 0 Å². The molecule has 0 unspecified atom stereocenters. The fourth-order valence-electron chi connectivity index (χ4n) is 1.56. The molecule has 0 fully saturated rings. The van der Waals surface area contributed by atoms with E-state index in [1.165, 1.54) is 6.92 Å². The normalized spacial score (nSPS) is 10.3. The zero-order chi connectivity index (χ0) is 10.8. The minimum absolute atomic E-state index is 0.0788. The second kappa shape index (κ2) is 3.69. The molecule has 0 aliphatic heterocycles. The standard InChI is InChI=1S/C12H12N2O/c1-8-6-10-4-3-5-11(14-9(2)15)12(10)13-7-8/h3-7H,1-2H3,(H,14,15). The van der Waals surface area contributed by atoms with Crippen molar-refractivity contribution < 1.29 is 4.79 Å². The van der Waals surface area contributed by atoms with Gasteiger partial charge in [-0.1, -0.05) is 12.1 Å². The van der Waals surface area contributed by atoms with Crippen LogP contribution in [0.15, 0.2) is 30.5 Å². The number of nitrogens with zero attached hydrogens (tertiary/aromatic N) is 1. The molecule has 0 bridgehead atoms. The molecule has 1 N–H and O–H groups in total. The lowest BCUT2D eigenvalue weighted by atomic mass is 10.1. The lowest BCUT2D eigenvalue weighted by molar-refractivity contribution is -0.114. The Morgan fingerprint density at radius 1 is 1.40 bits per heavy atom. The number of nitrogens with one attached hydrogen (secondary N) is 1. The van der Waals surface area contributed by atoms with Crippen LogP contribution in [-0.4, -0.2) is 10.9 Å². The highest BCUT2D eigenvalue weighted by molar-refractivity contribution is 5.99. The smallest absolute Gasteiger partial charge is 0.221 e. The molecule has 0 atom stereocenters. The molecule has 2 rings (SSSR count). The van der Waals surface area contributed by atoms with Crippen molar-refractivity contribution in [2.45, 2.75) is 13.8 Å². The summed E-state index contributed by atoms with van der Waals surface area (Å²) >= 11 is 0. The van der Waals surface area contributed by atoms with Crippen LogP contribution in [0.1, 0.15) is 12.5 Å². The molecule has 2 aromatic rings. The summed E-state index contributed by atoms with van der Waals surface area (Å²) in [5.74, 6) is -0.0788. The molecular formula is C12H12N2O. The number of amides is 1. The summed E-state index contributed by atoms with van der Waals surface area (Å²) in [6.45, 7) is 3.49. The van der Waals surface area contributed by atoms with Crippen molar-refractivity contribution in [3.05, 3.63) is 36.0 Å². The van der Waals surface area contributed by atoms with E-state index in [-0.39, 0.29) is 5.91 Å². The predicted octanol–water partition coefficient (Wildman–Crippen LogP) is 2.50. The van der Waals surface area contributed by atoms with E-state index in [4.69, 9.17) is 0 Å². The van der Waals surface area contributed by atoms with E-state index >= 15 is 0 Å². The van der Waals surface area contributed by atoms with Gasteiger partial charge in [0.1, 0.15) is 0 Å². The van der Waals surface area contributed by atoms with Gasteiger partial charge in [0.2, 0.25) is 5.91 Å². The number of pyridine rings is 1. The van der Waals surface area contributed by atoms with Crippen LogP contribution in [0.3, 0.4) is 0 Å². The Balaban J connectivity index is 2.60. The molecule has 0 aliphatic carbocycles. The van der Waals surface area contributed by atoms with Crippen molar-refractivity contribution in [1.82, 2.24) is 4.98 Å².